The molecule has 0 aromatic carbocycles. The second-order valence-electron chi connectivity index (χ2n) is 3.19. The highest BCUT2D eigenvalue weighted by molar-refractivity contribution is 5.86. The van der Waals surface area contributed by atoms with E-state index in [4.69, 9.17) is 4.74 Å². The quantitative estimate of drug-likeness (QED) is 0.407. The molecule has 0 atom stereocenters. The van der Waals surface area contributed by atoms with E-state index in [0.717, 1.165) is 13.0 Å². The third-order valence-corrected chi connectivity index (χ3v) is 1.81. The van der Waals surface area contributed by atoms with E-state index in [1.54, 1.807) is 6.92 Å². The number of aryl methyl sites for hydroxylation is 1. The molecule has 1 aromatic rings. The van der Waals surface area contributed by atoms with E-state index in [9.17, 15) is 4.79 Å². The van der Waals surface area contributed by atoms with Crippen molar-refractivity contribution in [2.75, 3.05) is 6.61 Å². The number of carbonyl (C=O) groups is 1. The van der Waals surface area contributed by atoms with Crippen molar-refractivity contribution in [3.63, 3.8) is 0 Å². The maximum Gasteiger partial charge on any atom is 0.333 e. The second-order valence-corrected chi connectivity index (χ2v) is 3.19. The summed E-state index contributed by atoms with van der Waals surface area (Å²) in [6.07, 6.45) is 4.80. The molecule has 14 heavy (non-hydrogen) atoms. The van der Waals surface area contributed by atoms with Gasteiger partial charge < -0.3 is 9.30 Å². The highest BCUT2D eigenvalue weighted by atomic mass is 16.5. The van der Waals surface area contributed by atoms with Crippen LogP contribution in [-0.2, 0) is 16.1 Å². The molecule has 0 saturated heterocycles. The van der Waals surface area contributed by atoms with Gasteiger partial charge in [0.25, 0.3) is 0 Å². The van der Waals surface area contributed by atoms with Crippen molar-refractivity contribution < 1.29 is 9.53 Å². The minimum Gasteiger partial charge on any atom is -0.462 e. The zero-order chi connectivity index (χ0) is 10.4. The lowest BCUT2D eigenvalue weighted by molar-refractivity contribution is -0.139. The molecule has 0 spiro atoms. The van der Waals surface area contributed by atoms with Crippen LogP contribution in [-0.4, -0.2) is 17.1 Å². The minimum atomic E-state index is -0.308. The minimum absolute atomic E-state index is 0.308. The van der Waals surface area contributed by atoms with Gasteiger partial charge in [0.15, 0.2) is 0 Å². The molecule has 76 valence electrons. The van der Waals surface area contributed by atoms with Crippen molar-refractivity contribution in [2.45, 2.75) is 19.9 Å². The number of carbonyl (C=O) groups excluding carboxylic acids is 1. The molecule has 0 aliphatic carbocycles. The van der Waals surface area contributed by atoms with Gasteiger partial charge in [-0.1, -0.05) is 6.58 Å². The van der Waals surface area contributed by atoms with Gasteiger partial charge in [-0.2, -0.15) is 0 Å². The summed E-state index contributed by atoms with van der Waals surface area (Å²) >= 11 is 0. The fourth-order valence-electron chi connectivity index (χ4n) is 1.05. The molecule has 0 aliphatic rings. The number of rotatable bonds is 5. The molecule has 1 rings (SSSR count). The first kappa shape index (κ1) is 10.6. The Balaban J connectivity index is 2.11. The van der Waals surface area contributed by atoms with E-state index in [-0.39, 0.29) is 5.97 Å². The highest BCUT2D eigenvalue weighted by Crippen LogP contribution is 1.96. The maximum absolute atomic E-state index is 11.0. The molecule has 3 nitrogen and oxygen atoms in total. The highest BCUT2D eigenvalue weighted by Gasteiger charge is 2.01. The summed E-state index contributed by atoms with van der Waals surface area (Å²) in [6.45, 7) is 6.47. The number of aromatic nitrogens is 1. The molecule has 0 unspecified atom stereocenters. The van der Waals surface area contributed by atoms with Crippen LogP contribution in [0.15, 0.2) is 36.7 Å². The predicted octanol–water partition coefficient (Wildman–Crippen LogP) is 2.00. The van der Waals surface area contributed by atoms with Crippen LogP contribution in [0.1, 0.15) is 13.3 Å². The molecule has 0 saturated carbocycles. The summed E-state index contributed by atoms with van der Waals surface area (Å²) in [4.78, 5) is 11.0. The van der Waals surface area contributed by atoms with Crippen molar-refractivity contribution in [2.24, 2.45) is 0 Å². The zero-order valence-corrected chi connectivity index (χ0v) is 8.40. The van der Waals surface area contributed by atoms with Gasteiger partial charge in [0.05, 0.1) is 6.61 Å². The van der Waals surface area contributed by atoms with Crippen LogP contribution in [0.4, 0.5) is 0 Å². The average Bonchev–Trinajstić information content (AvgIpc) is 2.64. The monoisotopic (exact) mass is 193 g/mol. The Hall–Kier alpha value is -1.51. The molecule has 0 aliphatic heterocycles. The Morgan fingerprint density at radius 1 is 1.43 bits per heavy atom. The van der Waals surface area contributed by atoms with E-state index in [1.807, 2.05) is 24.5 Å². The first-order valence-corrected chi connectivity index (χ1v) is 4.63. The molecule has 1 aromatic heterocycles. The summed E-state index contributed by atoms with van der Waals surface area (Å²) in [7, 11) is 0. The molecule has 0 bridgehead atoms. The van der Waals surface area contributed by atoms with E-state index in [1.165, 1.54) is 0 Å². The van der Waals surface area contributed by atoms with Crippen molar-refractivity contribution in [1.82, 2.24) is 4.57 Å². The Morgan fingerprint density at radius 3 is 2.64 bits per heavy atom. The molecule has 0 amide bonds. The van der Waals surface area contributed by atoms with Crippen LogP contribution in [0.25, 0.3) is 0 Å². The van der Waals surface area contributed by atoms with Gasteiger partial charge in [-0.3, -0.25) is 0 Å². The topological polar surface area (TPSA) is 31.2 Å². The van der Waals surface area contributed by atoms with Gasteiger partial charge in [-0.15, -0.1) is 0 Å². The summed E-state index contributed by atoms with van der Waals surface area (Å²) in [6, 6.07) is 3.94. The summed E-state index contributed by atoms with van der Waals surface area (Å²) in [5, 5.41) is 0. The molecular formula is C11H15NO2. The summed E-state index contributed by atoms with van der Waals surface area (Å²) < 4.78 is 7.00. The Labute approximate surface area is 84.0 Å². The Kier molecular flexibility index (Phi) is 3.98. The van der Waals surface area contributed by atoms with Gasteiger partial charge >= 0.3 is 5.97 Å². The van der Waals surface area contributed by atoms with Crippen LogP contribution >= 0.6 is 0 Å². The Bertz CT molecular complexity index is 301. The first-order valence-electron chi connectivity index (χ1n) is 4.63. The molecular weight excluding hydrogens is 178 g/mol. The number of hydrogen-bond donors (Lipinski definition) is 0. The van der Waals surface area contributed by atoms with Gasteiger partial charge in [-0.25, -0.2) is 4.79 Å². The van der Waals surface area contributed by atoms with Crippen LogP contribution in [0.5, 0.6) is 0 Å². The molecule has 3 heteroatoms. The lowest BCUT2D eigenvalue weighted by atomic mass is 10.3. The number of nitrogens with zero attached hydrogens (tertiary/aromatic N) is 1. The average molecular weight is 193 g/mol. The standard InChI is InChI=1S/C11H15NO2/c1-10(2)11(13)14-9-5-8-12-6-3-4-7-12/h3-4,6-7H,1,5,8-9H2,2H3. The van der Waals surface area contributed by atoms with E-state index in [2.05, 4.69) is 11.1 Å². The normalized spacial score (nSPS) is 9.79. The van der Waals surface area contributed by atoms with Gasteiger partial charge in [-0.05, 0) is 25.5 Å². The lowest BCUT2D eigenvalue weighted by Crippen LogP contribution is -2.08. The van der Waals surface area contributed by atoms with Crippen molar-refractivity contribution >= 4 is 5.97 Å². The second kappa shape index (κ2) is 5.27. The van der Waals surface area contributed by atoms with Crippen molar-refractivity contribution in [3.8, 4) is 0 Å². The zero-order valence-electron chi connectivity index (χ0n) is 8.40. The van der Waals surface area contributed by atoms with Crippen LogP contribution in [0.3, 0.4) is 0 Å². The number of hydrogen-bond acceptors (Lipinski definition) is 2. The number of esters is 1. The van der Waals surface area contributed by atoms with Crippen molar-refractivity contribution in [1.29, 1.82) is 0 Å². The summed E-state index contributed by atoms with van der Waals surface area (Å²) in [5.41, 5.74) is 0.450. The third kappa shape index (κ3) is 3.47. The van der Waals surface area contributed by atoms with E-state index in [0.29, 0.717) is 12.2 Å². The smallest absolute Gasteiger partial charge is 0.333 e. The van der Waals surface area contributed by atoms with E-state index < -0.39 is 0 Å². The van der Waals surface area contributed by atoms with E-state index >= 15 is 0 Å². The largest absolute Gasteiger partial charge is 0.462 e. The fraction of sp³-hybridized carbons (Fsp3) is 0.364. The SMILES string of the molecule is C=C(C)C(=O)OCCCn1cccc1. The lowest BCUT2D eigenvalue weighted by Gasteiger charge is -2.04. The number of ether oxygens (including phenoxy) is 1. The predicted molar refractivity (Wildman–Crippen MR) is 54.8 cm³/mol. The molecule has 0 radical (unpaired) electrons. The fourth-order valence-corrected chi connectivity index (χ4v) is 1.05. The van der Waals surface area contributed by atoms with Crippen LogP contribution in [0, 0.1) is 0 Å². The molecule has 0 fully saturated rings. The van der Waals surface area contributed by atoms with Crippen LogP contribution < -0.4 is 0 Å². The maximum atomic E-state index is 11.0. The van der Waals surface area contributed by atoms with Crippen molar-refractivity contribution in [3.05, 3.63) is 36.7 Å². The van der Waals surface area contributed by atoms with Gasteiger partial charge in [0, 0.05) is 24.5 Å². The van der Waals surface area contributed by atoms with Gasteiger partial charge in [0.1, 0.15) is 0 Å². The van der Waals surface area contributed by atoms with Crippen LogP contribution in [0.2, 0.25) is 0 Å². The first-order chi connectivity index (χ1) is 6.70. The molecule has 1 heterocycles. The van der Waals surface area contributed by atoms with Gasteiger partial charge in [0.2, 0.25) is 0 Å². The Morgan fingerprint density at radius 2 is 2.07 bits per heavy atom. The summed E-state index contributed by atoms with van der Waals surface area (Å²) in [5.74, 6) is -0.308. The third-order valence-electron chi connectivity index (χ3n) is 1.81. The molecule has 0 N–H and O–H groups in total.